The Labute approximate surface area is 135 Å². The first-order valence-electron chi connectivity index (χ1n) is 8.07. The monoisotopic (exact) mass is 311 g/mol. The second kappa shape index (κ2) is 5.33. The molecule has 1 aliphatic heterocycles. The van der Waals surface area contributed by atoms with Crippen LogP contribution in [0.1, 0.15) is 18.6 Å². The second-order valence-corrected chi connectivity index (χ2v) is 6.22. The summed E-state index contributed by atoms with van der Waals surface area (Å²) >= 11 is 0. The van der Waals surface area contributed by atoms with Crippen LogP contribution in [0, 0.1) is 12.8 Å². The zero-order valence-electron chi connectivity index (χ0n) is 13.8. The average Bonchev–Trinajstić information content (AvgIpc) is 3.09. The fourth-order valence-corrected chi connectivity index (χ4v) is 3.31. The van der Waals surface area contributed by atoms with E-state index in [4.69, 9.17) is 0 Å². The van der Waals surface area contributed by atoms with Gasteiger partial charge in [0.15, 0.2) is 5.65 Å². The van der Waals surface area contributed by atoms with Crippen LogP contribution in [-0.2, 0) is 20.0 Å². The molecule has 0 N–H and O–H groups in total. The molecule has 1 aliphatic rings. The molecule has 0 spiro atoms. The number of rotatable bonds is 4. The molecule has 0 amide bonds. The molecule has 0 aromatic carbocycles. The van der Waals surface area contributed by atoms with Crippen molar-refractivity contribution in [2.75, 3.05) is 18.0 Å². The second-order valence-electron chi connectivity index (χ2n) is 6.22. The fraction of sp³-hybridized carbons (Fsp3) is 0.500. The Hall–Kier alpha value is -2.44. The zero-order chi connectivity index (χ0) is 16.0. The van der Waals surface area contributed by atoms with Gasteiger partial charge in [-0.05, 0) is 6.92 Å². The van der Waals surface area contributed by atoms with Gasteiger partial charge in [-0.15, -0.1) is 0 Å². The van der Waals surface area contributed by atoms with Gasteiger partial charge in [0, 0.05) is 51.4 Å². The van der Waals surface area contributed by atoms with Gasteiger partial charge in [-0.2, -0.15) is 5.10 Å². The first-order valence-corrected chi connectivity index (χ1v) is 8.07. The fourth-order valence-electron chi connectivity index (χ4n) is 3.31. The summed E-state index contributed by atoms with van der Waals surface area (Å²) < 4.78 is 4.08. The van der Waals surface area contributed by atoms with E-state index in [0.29, 0.717) is 5.92 Å². The van der Waals surface area contributed by atoms with E-state index in [9.17, 15) is 0 Å². The lowest BCUT2D eigenvalue weighted by Gasteiger charge is -2.40. The van der Waals surface area contributed by atoms with Crippen LogP contribution in [0.15, 0.2) is 18.6 Å². The van der Waals surface area contributed by atoms with Crippen molar-refractivity contribution in [1.82, 2.24) is 29.3 Å². The van der Waals surface area contributed by atoms with E-state index in [1.807, 2.05) is 31.0 Å². The third-order valence-corrected chi connectivity index (χ3v) is 4.51. The van der Waals surface area contributed by atoms with Crippen molar-refractivity contribution in [3.8, 4) is 0 Å². The average molecular weight is 311 g/mol. The van der Waals surface area contributed by atoms with Crippen LogP contribution in [0.4, 0.5) is 5.82 Å². The largest absolute Gasteiger partial charge is 0.355 e. The molecule has 0 saturated carbocycles. The quantitative estimate of drug-likeness (QED) is 0.732. The van der Waals surface area contributed by atoms with Crippen molar-refractivity contribution in [3.63, 3.8) is 0 Å². The minimum Gasteiger partial charge on any atom is -0.355 e. The van der Waals surface area contributed by atoms with Crippen molar-refractivity contribution < 1.29 is 0 Å². The first-order chi connectivity index (χ1) is 11.2. The molecule has 0 unspecified atom stereocenters. The maximum absolute atomic E-state index is 4.64. The predicted octanol–water partition coefficient (Wildman–Crippen LogP) is 1.57. The smallest absolute Gasteiger partial charge is 0.163 e. The first kappa shape index (κ1) is 14.2. The Morgan fingerprint density at radius 2 is 2.09 bits per heavy atom. The van der Waals surface area contributed by atoms with E-state index in [0.717, 1.165) is 54.6 Å². The normalized spacial score (nSPS) is 15.3. The number of aryl methyl sites for hydroxylation is 3. The molecule has 4 rings (SSSR count). The van der Waals surface area contributed by atoms with Crippen LogP contribution in [0.25, 0.3) is 11.0 Å². The van der Waals surface area contributed by atoms with E-state index in [1.165, 1.54) is 0 Å². The van der Waals surface area contributed by atoms with E-state index in [1.54, 1.807) is 0 Å². The molecule has 0 bridgehead atoms. The number of fused-ring (bicyclic) bond motifs is 1. The Morgan fingerprint density at radius 3 is 2.87 bits per heavy atom. The molecule has 7 heteroatoms. The molecular formula is C16H21N7. The number of hydrogen-bond acceptors (Lipinski definition) is 5. The van der Waals surface area contributed by atoms with E-state index in [2.05, 4.69) is 42.6 Å². The van der Waals surface area contributed by atoms with Crippen molar-refractivity contribution in [2.45, 2.75) is 26.8 Å². The summed E-state index contributed by atoms with van der Waals surface area (Å²) in [5, 5.41) is 5.35. The maximum Gasteiger partial charge on any atom is 0.163 e. The van der Waals surface area contributed by atoms with Gasteiger partial charge in [-0.25, -0.2) is 15.0 Å². The lowest BCUT2D eigenvalue weighted by atomic mass is 9.99. The number of imidazole rings is 1. The topological polar surface area (TPSA) is 64.7 Å². The van der Waals surface area contributed by atoms with Gasteiger partial charge in [0.2, 0.25) is 0 Å². The third kappa shape index (κ3) is 2.36. The standard InChI is InChI=1S/C16H21N7/c1-4-14-17-5-6-22(14)8-12-9-23(10-12)16-13-7-18-21(3)15(13)19-11(2)20-16/h5-7,12H,4,8-10H2,1-3H3. The number of nitrogens with zero attached hydrogens (tertiary/aromatic N) is 7. The summed E-state index contributed by atoms with van der Waals surface area (Å²) in [5.41, 5.74) is 0.902. The van der Waals surface area contributed by atoms with Gasteiger partial charge in [-0.3, -0.25) is 4.68 Å². The molecule has 120 valence electrons. The Kier molecular flexibility index (Phi) is 3.28. The zero-order valence-corrected chi connectivity index (χ0v) is 13.8. The van der Waals surface area contributed by atoms with Gasteiger partial charge in [-0.1, -0.05) is 6.92 Å². The summed E-state index contributed by atoms with van der Waals surface area (Å²) in [6.07, 6.45) is 6.81. The van der Waals surface area contributed by atoms with Gasteiger partial charge >= 0.3 is 0 Å². The molecule has 1 fully saturated rings. The summed E-state index contributed by atoms with van der Waals surface area (Å²) in [5.74, 6) is 3.60. The highest BCUT2D eigenvalue weighted by atomic mass is 15.3. The van der Waals surface area contributed by atoms with Gasteiger partial charge in [0.05, 0.1) is 11.6 Å². The van der Waals surface area contributed by atoms with Crippen LogP contribution in [0.5, 0.6) is 0 Å². The summed E-state index contributed by atoms with van der Waals surface area (Å²) in [6, 6.07) is 0. The molecule has 23 heavy (non-hydrogen) atoms. The van der Waals surface area contributed by atoms with Crippen LogP contribution in [-0.4, -0.2) is 42.4 Å². The van der Waals surface area contributed by atoms with Crippen molar-refractivity contribution in [3.05, 3.63) is 30.2 Å². The predicted molar refractivity (Wildman–Crippen MR) is 88.3 cm³/mol. The molecule has 7 nitrogen and oxygen atoms in total. The van der Waals surface area contributed by atoms with Gasteiger partial charge in [0.1, 0.15) is 17.5 Å². The van der Waals surface area contributed by atoms with E-state index >= 15 is 0 Å². The molecular weight excluding hydrogens is 290 g/mol. The van der Waals surface area contributed by atoms with E-state index in [-0.39, 0.29) is 0 Å². The highest BCUT2D eigenvalue weighted by Gasteiger charge is 2.30. The molecule has 0 aliphatic carbocycles. The van der Waals surface area contributed by atoms with Gasteiger partial charge in [0.25, 0.3) is 0 Å². The highest BCUT2D eigenvalue weighted by molar-refractivity contribution is 5.87. The number of hydrogen-bond donors (Lipinski definition) is 0. The molecule has 4 heterocycles. The highest BCUT2D eigenvalue weighted by Crippen LogP contribution is 2.30. The van der Waals surface area contributed by atoms with Crippen LogP contribution in [0.2, 0.25) is 0 Å². The van der Waals surface area contributed by atoms with Crippen molar-refractivity contribution >= 4 is 16.9 Å². The SMILES string of the molecule is CCc1nccn1CC1CN(c2nc(C)nc3c2cnn3C)C1. The van der Waals surface area contributed by atoms with Crippen LogP contribution >= 0.6 is 0 Å². The Balaban J connectivity index is 1.52. The molecule has 3 aromatic heterocycles. The van der Waals surface area contributed by atoms with Crippen LogP contribution < -0.4 is 4.90 Å². The minimum absolute atomic E-state index is 0.636. The number of anilines is 1. The summed E-state index contributed by atoms with van der Waals surface area (Å²) in [7, 11) is 1.92. The Morgan fingerprint density at radius 1 is 1.26 bits per heavy atom. The molecule has 1 saturated heterocycles. The molecule has 0 atom stereocenters. The minimum atomic E-state index is 0.636. The molecule has 0 radical (unpaired) electrons. The third-order valence-electron chi connectivity index (χ3n) is 4.51. The lowest BCUT2D eigenvalue weighted by molar-refractivity contribution is 0.351. The lowest BCUT2D eigenvalue weighted by Crippen LogP contribution is -2.49. The number of aromatic nitrogens is 6. The van der Waals surface area contributed by atoms with E-state index < -0.39 is 0 Å². The Bertz CT molecular complexity index is 841. The summed E-state index contributed by atoms with van der Waals surface area (Å²) in [6.45, 7) is 7.14. The summed E-state index contributed by atoms with van der Waals surface area (Å²) in [4.78, 5) is 15.9. The molecule has 3 aromatic rings. The maximum atomic E-state index is 4.64. The van der Waals surface area contributed by atoms with Crippen LogP contribution in [0.3, 0.4) is 0 Å². The van der Waals surface area contributed by atoms with Gasteiger partial charge < -0.3 is 9.47 Å². The van der Waals surface area contributed by atoms with Crippen molar-refractivity contribution in [1.29, 1.82) is 0 Å². The van der Waals surface area contributed by atoms with Crippen molar-refractivity contribution in [2.24, 2.45) is 13.0 Å².